The summed E-state index contributed by atoms with van der Waals surface area (Å²) in [7, 11) is 1.68. The van der Waals surface area contributed by atoms with Crippen molar-refractivity contribution in [2.45, 2.75) is 32.6 Å². The number of ether oxygens (including phenoxy) is 1. The number of carbonyl (C=O) groups is 2. The highest BCUT2D eigenvalue weighted by Gasteiger charge is 2.54. The van der Waals surface area contributed by atoms with Crippen LogP contribution in [0.4, 0.5) is 4.79 Å². The van der Waals surface area contributed by atoms with Crippen molar-refractivity contribution in [1.82, 2.24) is 14.7 Å². The number of aliphatic imine (C=N–C) groups is 1. The van der Waals surface area contributed by atoms with E-state index in [2.05, 4.69) is 4.99 Å². The van der Waals surface area contributed by atoms with E-state index in [-0.39, 0.29) is 18.5 Å². The topological polar surface area (TPSA) is 65.5 Å². The number of fused-ring (bicyclic) bond motifs is 3. The van der Waals surface area contributed by atoms with Gasteiger partial charge in [-0.15, -0.1) is 0 Å². The Morgan fingerprint density at radius 3 is 2.60 bits per heavy atom. The number of imide groups is 1. The highest BCUT2D eigenvalue weighted by molar-refractivity contribution is 6.04. The summed E-state index contributed by atoms with van der Waals surface area (Å²) < 4.78 is 5.91. The van der Waals surface area contributed by atoms with E-state index in [1.165, 1.54) is 9.80 Å². The lowest BCUT2D eigenvalue weighted by Gasteiger charge is -2.40. The lowest BCUT2D eigenvalue weighted by molar-refractivity contribution is -0.137. The van der Waals surface area contributed by atoms with E-state index in [9.17, 15) is 9.59 Å². The molecule has 1 fully saturated rings. The van der Waals surface area contributed by atoms with E-state index in [1.54, 1.807) is 18.1 Å². The molecule has 0 aromatic heterocycles. The molecule has 0 aliphatic carbocycles. The van der Waals surface area contributed by atoms with Crippen LogP contribution >= 0.6 is 0 Å². The van der Waals surface area contributed by atoms with E-state index in [0.29, 0.717) is 11.8 Å². The first kappa shape index (κ1) is 18.4. The summed E-state index contributed by atoms with van der Waals surface area (Å²) in [5, 5.41) is 0. The van der Waals surface area contributed by atoms with Gasteiger partial charge >= 0.3 is 6.03 Å². The molecular formula is C23H22N4O3. The number of carbonyl (C=O) groups excluding carboxylic acids is 2. The van der Waals surface area contributed by atoms with Crippen molar-refractivity contribution in [2.24, 2.45) is 4.99 Å². The van der Waals surface area contributed by atoms with E-state index in [0.717, 1.165) is 22.3 Å². The fourth-order valence-corrected chi connectivity index (χ4v) is 4.10. The van der Waals surface area contributed by atoms with Gasteiger partial charge in [-0.25, -0.2) is 9.79 Å². The average molecular weight is 402 g/mol. The predicted octanol–water partition coefficient (Wildman–Crippen LogP) is 3.09. The molecule has 7 heteroatoms. The van der Waals surface area contributed by atoms with Crippen molar-refractivity contribution in [3.05, 3.63) is 77.0 Å². The number of amidine groups is 1. The van der Waals surface area contributed by atoms with Crippen LogP contribution in [0.15, 0.2) is 59.7 Å². The Labute approximate surface area is 174 Å². The maximum atomic E-state index is 13.4. The summed E-state index contributed by atoms with van der Waals surface area (Å²) >= 11 is 0. The first-order valence-corrected chi connectivity index (χ1v) is 9.89. The molecule has 5 rings (SSSR count). The van der Waals surface area contributed by atoms with Gasteiger partial charge < -0.3 is 9.64 Å². The van der Waals surface area contributed by atoms with Crippen LogP contribution in [-0.4, -0.2) is 51.9 Å². The highest BCUT2D eigenvalue weighted by atomic mass is 16.5. The number of urea groups is 1. The zero-order chi connectivity index (χ0) is 21.0. The molecule has 2 atom stereocenters. The van der Waals surface area contributed by atoms with Crippen molar-refractivity contribution in [3.63, 3.8) is 0 Å². The average Bonchev–Trinajstić information content (AvgIpc) is 3.31. The molecule has 3 amide bonds. The lowest BCUT2D eigenvalue weighted by Crippen LogP contribution is -2.63. The van der Waals surface area contributed by atoms with Crippen LogP contribution in [0, 0.1) is 13.8 Å². The Hall–Kier alpha value is -3.61. The summed E-state index contributed by atoms with van der Waals surface area (Å²) in [6, 6.07) is 15.1. The SMILES string of the molecule is Cc1ccc(C)c(CN2C(=O)C3C(N=C4OC(c5ccccc5)=CN43)N(C)C2=O)c1. The molecule has 0 saturated carbocycles. The molecular weight excluding hydrogens is 380 g/mol. The van der Waals surface area contributed by atoms with Crippen LogP contribution < -0.4 is 0 Å². The number of aryl methyl sites for hydroxylation is 2. The van der Waals surface area contributed by atoms with E-state index < -0.39 is 12.2 Å². The van der Waals surface area contributed by atoms with Gasteiger partial charge in [-0.2, -0.15) is 0 Å². The number of hydrogen-bond donors (Lipinski definition) is 0. The first-order valence-electron chi connectivity index (χ1n) is 9.89. The maximum absolute atomic E-state index is 13.4. The smallest absolute Gasteiger partial charge is 0.328 e. The molecule has 3 aliphatic heterocycles. The standard InChI is InChI=1S/C23H22N4O3/c1-14-9-10-15(2)17(11-14)12-27-21(28)19-20(25(3)23(27)29)24-22-26(19)13-18(30-22)16-7-5-4-6-8-16/h4-11,13,19-20H,12H2,1-3H3. The molecule has 3 heterocycles. The molecule has 0 bridgehead atoms. The van der Waals surface area contributed by atoms with Gasteiger partial charge in [-0.05, 0) is 25.0 Å². The van der Waals surface area contributed by atoms with Crippen LogP contribution in [0.2, 0.25) is 0 Å². The molecule has 30 heavy (non-hydrogen) atoms. The normalized spacial score (nSPS) is 22.6. The molecule has 0 N–H and O–H groups in total. The summed E-state index contributed by atoms with van der Waals surface area (Å²) in [5.41, 5.74) is 4.01. The summed E-state index contributed by atoms with van der Waals surface area (Å²) in [5.74, 6) is 0.373. The zero-order valence-electron chi connectivity index (χ0n) is 17.1. The second kappa shape index (κ2) is 6.73. The van der Waals surface area contributed by atoms with Gasteiger partial charge in [0.1, 0.15) is 0 Å². The van der Waals surface area contributed by atoms with Crippen molar-refractivity contribution in [3.8, 4) is 0 Å². The molecule has 2 aromatic rings. The monoisotopic (exact) mass is 402 g/mol. The minimum absolute atomic E-state index is 0.234. The Bertz CT molecular complexity index is 1110. The lowest BCUT2D eigenvalue weighted by atomic mass is 10.0. The van der Waals surface area contributed by atoms with Gasteiger partial charge in [0.25, 0.3) is 11.9 Å². The number of rotatable bonds is 3. The van der Waals surface area contributed by atoms with Crippen LogP contribution in [-0.2, 0) is 16.1 Å². The molecule has 2 unspecified atom stereocenters. The number of likely N-dealkylation sites (N-methyl/N-ethyl adjacent to an activating group) is 1. The van der Waals surface area contributed by atoms with Gasteiger partial charge in [0.2, 0.25) is 0 Å². The Kier molecular flexibility index (Phi) is 4.13. The Morgan fingerprint density at radius 2 is 1.83 bits per heavy atom. The third kappa shape index (κ3) is 2.77. The summed E-state index contributed by atoms with van der Waals surface area (Å²) in [6.07, 6.45) is 1.21. The third-order valence-electron chi connectivity index (χ3n) is 5.84. The largest absolute Gasteiger partial charge is 0.423 e. The summed E-state index contributed by atoms with van der Waals surface area (Å²) in [4.78, 5) is 35.5. The second-order valence-corrected chi connectivity index (χ2v) is 7.89. The fourth-order valence-electron chi connectivity index (χ4n) is 4.10. The molecule has 1 saturated heterocycles. The number of nitrogens with zero attached hydrogens (tertiary/aromatic N) is 4. The second-order valence-electron chi connectivity index (χ2n) is 7.89. The van der Waals surface area contributed by atoms with E-state index in [4.69, 9.17) is 4.74 Å². The summed E-state index contributed by atoms with van der Waals surface area (Å²) in [6.45, 7) is 4.22. The predicted molar refractivity (Wildman–Crippen MR) is 112 cm³/mol. The quantitative estimate of drug-likeness (QED) is 0.791. The van der Waals surface area contributed by atoms with Crippen LogP contribution in [0.1, 0.15) is 22.3 Å². The third-order valence-corrected chi connectivity index (χ3v) is 5.84. The number of amides is 3. The van der Waals surface area contributed by atoms with Crippen molar-refractivity contribution in [1.29, 1.82) is 0 Å². The molecule has 0 spiro atoms. The molecule has 0 radical (unpaired) electrons. The zero-order valence-corrected chi connectivity index (χ0v) is 17.1. The Morgan fingerprint density at radius 1 is 1.07 bits per heavy atom. The number of hydrogen-bond acceptors (Lipinski definition) is 5. The Balaban J connectivity index is 1.46. The minimum Gasteiger partial charge on any atom is -0.423 e. The van der Waals surface area contributed by atoms with Gasteiger partial charge in [0, 0.05) is 12.6 Å². The van der Waals surface area contributed by atoms with Crippen molar-refractivity contribution < 1.29 is 14.3 Å². The van der Waals surface area contributed by atoms with Crippen LogP contribution in [0.25, 0.3) is 5.76 Å². The molecule has 152 valence electrons. The number of benzene rings is 2. The van der Waals surface area contributed by atoms with E-state index in [1.807, 2.05) is 62.4 Å². The first-order chi connectivity index (χ1) is 14.4. The maximum Gasteiger partial charge on any atom is 0.328 e. The van der Waals surface area contributed by atoms with Crippen molar-refractivity contribution >= 4 is 23.7 Å². The molecule has 2 aromatic carbocycles. The van der Waals surface area contributed by atoms with E-state index >= 15 is 0 Å². The molecule has 7 nitrogen and oxygen atoms in total. The van der Waals surface area contributed by atoms with Gasteiger partial charge in [-0.1, -0.05) is 54.1 Å². The minimum atomic E-state index is -0.631. The van der Waals surface area contributed by atoms with Crippen molar-refractivity contribution in [2.75, 3.05) is 7.05 Å². The highest BCUT2D eigenvalue weighted by Crippen LogP contribution is 2.35. The molecule has 3 aliphatic rings. The van der Waals surface area contributed by atoms with Gasteiger partial charge in [0.15, 0.2) is 18.0 Å². The van der Waals surface area contributed by atoms with Gasteiger partial charge in [0.05, 0.1) is 12.7 Å². The van der Waals surface area contributed by atoms with Crippen LogP contribution in [0.5, 0.6) is 0 Å². The van der Waals surface area contributed by atoms with Gasteiger partial charge in [-0.3, -0.25) is 14.6 Å². The van der Waals surface area contributed by atoms with Crippen LogP contribution in [0.3, 0.4) is 0 Å². The fraction of sp³-hybridized carbons (Fsp3) is 0.261.